The minimum atomic E-state index is 0.0445. The van der Waals surface area contributed by atoms with E-state index in [2.05, 4.69) is 11.9 Å². The number of rotatable bonds is 6. The van der Waals surface area contributed by atoms with Gasteiger partial charge in [-0.3, -0.25) is 4.79 Å². The summed E-state index contributed by atoms with van der Waals surface area (Å²) >= 11 is 1.46. The number of amides is 1. The molecule has 2 heterocycles. The largest absolute Gasteiger partial charge is 0.454 e. The Kier molecular flexibility index (Phi) is 5.04. The highest BCUT2D eigenvalue weighted by Gasteiger charge is 2.24. The number of unbranched alkanes of at least 4 members (excludes halogenated alkanes) is 1. The van der Waals surface area contributed by atoms with Crippen LogP contribution in [-0.2, 0) is 6.54 Å². The average molecular weight is 346 g/mol. The van der Waals surface area contributed by atoms with Crippen molar-refractivity contribution < 1.29 is 14.3 Å². The van der Waals surface area contributed by atoms with Crippen molar-refractivity contribution in [2.75, 3.05) is 13.3 Å². The van der Waals surface area contributed by atoms with E-state index in [0.717, 1.165) is 52.0 Å². The Balaban J connectivity index is 1.86. The predicted molar refractivity (Wildman–Crippen MR) is 93.8 cm³/mol. The number of carbonyl (C=O) groups is 1. The monoisotopic (exact) mass is 346 g/mol. The fourth-order valence-electron chi connectivity index (χ4n) is 2.80. The maximum absolute atomic E-state index is 13.0. The summed E-state index contributed by atoms with van der Waals surface area (Å²) in [5, 5.41) is 0.920. The Morgan fingerprint density at radius 1 is 1.33 bits per heavy atom. The van der Waals surface area contributed by atoms with E-state index < -0.39 is 0 Å². The first-order valence-electron chi connectivity index (χ1n) is 8.21. The molecule has 5 nitrogen and oxygen atoms in total. The molecule has 0 spiro atoms. The number of para-hydroxylation sites is 1. The molecule has 1 aliphatic rings. The van der Waals surface area contributed by atoms with Crippen molar-refractivity contribution in [1.82, 2.24) is 9.88 Å². The summed E-state index contributed by atoms with van der Waals surface area (Å²) in [6, 6.07) is 5.82. The highest BCUT2D eigenvalue weighted by atomic mass is 32.1. The van der Waals surface area contributed by atoms with Crippen molar-refractivity contribution >= 4 is 17.2 Å². The third kappa shape index (κ3) is 3.38. The smallest absolute Gasteiger partial charge is 0.266 e. The Morgan fingerprint density at radius 3 is 2.88 bits per heavy atom. The molecule has 0 unspecified atom stereocenters. The number of aromatic nitrogens is 1. The van der Waals surface area contributed by atoms with Gasteiger partial charge >= 0.3 is 0 Å². The zero-order valence-electron chi connectivity index (χ0n) is 14.3. The molecule has 0 bridgehead atoms. The van der Waals surface area contributed by atoms with Gasteiger partial charge in [-0.05, 0) is 26.3 Å². The number of aryl methyl sites for hydroxylation is 2. The Hall–Kier alpha value is -2.08. The molecule has 128 valence electrons. The minimum absolute atomic E-state index is 0.0445. The van der Waals surface area contributed by atoms with Crippen LogP contribution < -0.4 is 9.47 Å². The summed E-state index contributed by atoms with van der Waals surface area (Å²) in [5.74, 6) is 1.55. The first-order valence-corrected chi connectivity index (χ1v) is 9.02. The molecule has 1 amide bonds. The van der Waals surface area contributed by atoms with Crippen molar-refractivity contribution in [3.05, 3.63) is 39.3 Å². The van der Waals surface area contributed by atoms with Gasteiger partial charge in [-0.25, -0.2) is 4.98 Å². The molecular formula is C18H22N2O3S. The summed E-state index contributed by atoms with van der Waals surface area (Å²) in [7, 11) is 0. The normalized spacial score (nSPS) is 12.5. The van der Waals surface area contributed by atoms with Crippen LogP contribution in [0.2, 0.25) is 0 Å². The van der Waals surface area contributed by atoms with Crippen molar-refractivity contribution in [2.24, 2.45) is 0 Å². The topological polar surface area (TPSA) is 51.7 Å². The Bertz CT molecular complexity index is 742. The number of ether oxygens (including phenoxy) is 2. The van der Waals surface area contributed by atoms with Crippen LogP contribution in [0.3, 0.4) is 0 Å². The third-order valence-electron chi connectivity index (χ3n) is 4.01. The third-order valence-corrected chi connectivity index (χ3v) is 5.07. The second-order valence-electron chi connectivity index (χ2n) is 5.88. The van der Waals surface area contributed by atoms with Gasteiger partial charge in [0.2, 0.25) is 6.79 Å². The van der Waals surface area contributed by atoms with Crippen molar-refractivity contribution in [3.8, 4) is 11.5 Å². The maximum atomic E-state index is 13.0. The van der Waals surface area contributed by atoms with E-state index in [0.29, 0.717) is 6.54 Å². The number of fused-ring (bicyclic) bond motifs is 1. The van der Waals surface area contributed by atoms with Gasteiger partial charge in [-0.1, -0.05) is 25.5 Å². The summed E-state index contributed by atoms with van der Waals surface area (Å²) in [4.78, 5) is 20.0. The molecule has 2 aromatic rings. The quantitative estimate of drug-likeness (QED) is 0.795. The molecule has 1 aromatic heterocycles. The van der Waals surface area contributed by atoms with Gasteiger partial charge in [0.15, 0.2) is 11.5 Å². The molecule has 0 radical (unpaired) electrons. The summed E-state index contributed by atoms with van der Waals surface area (Å²) < 4.78 is 11.0. The highest BCUT2D eigenvalue weighted by Crippen LogP contribution is 2.36. The van der Waals surface area contributed by atoms with Gasteiger partial charge in [0.05, 0.1) is 10.7 Å². The van der Waals surface area contributed by atoms with E-state index in [1.165, 1.54) is 11.3 Å². The molecule has 1 aromatic carbocycles. The molecule has 0 N–H and O–H groups in total. The van der Waals surface area contributed by atoms with Crippen LogP contribution in [0.4, 0.5) is 0 Å². The van der Waals surface area contributed by atoms with E-state index in [1.54, 1.807) is 0 Å². The molecule has 1 aliphatic heterocycles. The standard InChI is InChI=1S/C18H22N2O3S/c1-4-5-9-20(18(21)17-12(2)19-13(3)24-17)10-14-7-6-8-15-16(14)23-11-22-15/h6-8H,4-5,9-11H2,1-3H3. The second-order valence-corrected chi connectivity index (χ2v) is 7.08. The van der Waals surface area contributed by atoms with Gasteiger partial charge in [-0.15, -0.1) is 11.3 Å². The number of hydrogen-bond donors (Lipinski definition) is 0. The Labute approximate surface area is 146 Å². The second kappa shape index (κ2) is 7.21. The lowest BCUT2D eigenvalue weighted by Crippen LogP contribution is -2.31. The lowest BCUT2D eigenvalue weighted by atomic mass is 10.1. The molecule has 0 atom stereocenters. The molecular weight excluding hydrogens is 324 g/mol. The van der Waals surface area contributed by atoms with E-state index in [-0.39, 0.29) is 12.7 Å². The fourth-order valence-corrected chi connectivity index (χ4v) is 3.68. The van der Waals surface area contributed by atoms with Gasteiger partial charge < -0.3 is 14.4 Å². The van der Waals surface area contributed by atoms with Crippen molar-refractivity contribution in [1.29, 1.82) is 0 Å². The zero-order chi connectivity index (χ0) is 17.1. The van der Waals surface area contributed by atoms with E-state index >= 15 is 0 Å². The van der Waals surface area contributed by atoms with Gasteiger partial charge in [0, 0.05) is 18.7 Å². The van der Waals surface area contributed by atoms with Crippen molar-refractivity contribution in [3.63, 3.8) is 0 Å². The lowest BCUT2D eigenvalue weighted by molar-refractivity contribution is 0.0743. The first-order chi connectivity index (χ1) is 11.6. The first kappa shape index (κ1) is 16.8. The molecule has 0 fully saturated rings. The highest BCUT2D eigenvalue weighted by molar-refractivity contribution is 7.13. The van der Waals surface area contributed by atoms with Crippen molar-refractivity contribution in [2.45, 2.75) is 40.2 Å². The number of carbonyl (C=O) groups excluding carboxylic acids is 1. The lowest BCUT2D eigenvalue weighted by Gasteiger charge is -2.23. The van der Waals surface area contributed by atoms with Gasteiger partial charge in [0.25, 0.3) is 5.91 Å². The Morgan fingerprint density at radius 2 is 2.17 bits per heavy atom. The molecule has 3 rings (SSSR count). The number of nitrogens with zero attached hydrogens (tertiary/aromatic N) is 2. The molecule has 0 saturated heterocycles. The van der Waals surface area contributed by atoms with Crippen LogP contribution >= 0.6 is 11.3 Å². The van der Waals surface area contributed by atoms with Gasteiger partial charge in [0.1, 0.15) is 4.88 Å². The average Bonchev–Trinajstić information content (AvgIpc) is 3.17. The summed E-state index contributed by atoms with van der Waals surface area (Å²) in [6.45, 7) is 7.42. The van der Waals surface area contributed by atoms with Gasteiger partial charge in [-0.2, -0.15) is 0 Å². The van der Waals surface area contributed by atoms with Crippen LogP contribution in [0.1, 0.15) is 45.7 Å². The SMILES string of the molecule is CCCCN(Cc1cccc2c1OCO2)C(=O)c1sc(C)nc1C. The predicted octanol–water partition coefficient (Wildman–Crippen LogP) is 3.93. The maximum Gasteiger partial charge on any atom is 0.266 e. The van der Waals surface area contributed by atoms with E-state index in [4.69, 9.17) is 9.47 Å². The number of benzene rings is 1. The number of thiazole rings is 1. The zero-order valence-corrected chi connectivity index (χ0v) is 15.1. The van der Waals surface area contributed by atoms with Crippen LogP contribution in [-0.4, -0.2) is 29.1 Å². The molecule has 0 aliphatic carbocycles. The number of hydrogen-bond acceptors (Lipinski definition) is 5. The minimum Gasteiger partial charge on any atom is -0.454 e. The summed E-state index contributed by atoms with van der Waals surface area (Å²) in [6.07, 6.45) is 2.01. The molecule has 24 heavy (non-hydrogen) atoms. The van der Waals surface area contributed by atoms with E-state index in [1.807, 2.05) is 36.9 Å². The van der Waals surface area contributed by atoms with Crippen LogP contribution in [0.25, 0.3) is 0 Å². The van der Waals surface area contributed by atoms with E-state index in [9.17, 15) is 4.79 Å². The van der Waals surface area contributed by atoms with Crippen LogP contribution in [0.5, 0.6) is 11.5 Å². The molecule has 6 heteroatoms. The molecule has 0 saturated carbocycles. The van der Waals surface area contributed by atoms with Crippen LogP contribution in [0, 0.1) is 13.8 Å². The fraction of sp³-hybridized carbons (Fsp3) is 0.444. The summed E-state index contributed by atoms with van der Waals surface area (Å²) in [5.41, 5.74) is 1.79. The van der Waals surface area contributed by atoms with Crippen LogP contribution in [0.15, 0.2) is 18.2 Å².